The maximum atomic E-state index is 12.4. The molecule has 0 radical (unpaired) electrons. The molecule has 3 aromatic rings. The Balaban J connectivity index is 1.82. The van der Waals surface area contributed by atoms with Crippen molar-refractivity contribution in [2.24, 2.45) is 0 Å². The lowest BCUT2D eigenvalue weighted by atomic mass is 10.1. The van der Waals surface area contributed by atoms with Crippen LogP contribution < -0.4 is 10.6 Å². The van der Waals surface area contributed by atoms with Crippen LogP contribution in [0.5, 0.6) is 0 Å². The van der Waals surface area contributed by atoms with E-state index in [1.54, 1.807) is 12.1 Å². The lowest BCUT2D eigenvalue weighted by Crippen LogP contribution is -2.42. The largest absolute Gasteiger partial charge is 0.459 e. The van der Waals surface area contributed by atoms with E-state index in [2.05, 4.69) is 15.6 Å². The van der Waals surface area contributed by atoms with Crippen LogP contribution in [0, 0.1) is 0 Å². The van der Waals surface area contributed by atoms with Crippen LogP contribution in [0.2, 0.25) is 0 Å². The molecule has 7 heteroatoms. The molecule has 0 saturated carbocycles. The quantitative estimate of drug-likeness (QED) is 0.737. The number of fused-ring (bicyclic) bond motifs is 1. The van der Waals surface area contributed by atoms with E-state index >= 15 is 0 Å². The monoisotopic (exact) mass is 354 g/mol. The molecule has 2 aromatic heterocycles. The first-order valence-corrected chi connectivity index (χ1v) is 8.40. The Morgan fingerprint density at radius 3 is 2.62 bits per heavy atom. The van der Waals surface area contributed by atoms with Gasteiger partial charge >= 0.3 is 0 Å². The number of benzene rings is 1. The normalized spacial score (nSPS) is 11.5. The van der Waals surface area contributed by atoms with E-state index < -0.39 is 0 Å². The molecule has 0 aliphatic carbocycles. The summed E-state index contributed by atoms with van der Waals surface area (Å²) in [6.45, 7) is 6.12. The van der Waals surface area contributed by atoms with Gasteiger partial charge in [-0.3, -0.25) is 9.59 Å². The van der Waals surface area contributed by atoms with Crippen LogP contribution in [0.15, 0.2) is 47.1 Å². The number of hydrogen-bond acceptors (Lipinski definition) is 4. The molecule has 26 heavy (non-hydrogen) atoms. The van der Waals surface area contributed by atoms with Crippen LogP contribution in [0.4, 0.5) is 0 Å². The number of aromatic nitrogens is 2. The van der Waals surface area contributed by atoms with Crippen molar-refractivity contribution in [2.75, 3.05) is 0 Å². The Hall–Kier alpha value is -3.09. The Bertz CT molecular complexity index is 920. The molecule has 0 spiro atoms. The Kier molecular flexibility index (Phi) is 4.79. The van der Waals surface area contributed by atoms with Crippen LogP contribution in [0.1, 0.15) is 37.2 Å². The summed E-state index contributed by atoms with van der Waals surface area (Å²) in [5.41, 5.74) is 1.30. The average molecular weight is 354 g/mol. The third-order valence-corrected chi connectivity index (χ3v) is 3.70. The number of furan rings is 1. The minimum absolute atomic E-state index is 0.112. The SMILES string of the molecule is CC(C)(C)NC(=O)Cn1c(CNC(=O)c2ccco2)nc2ccccc21. The fraction of sp³-hybridized carbons (Fsp3) is 0.316. The lowest BCUT2D eigenvalue weighted by Gasteiger charge is -2.21. The third-order valence-electron chi connectivity index (χ3n) is 3.70. The molecule has 1 aromatic carbocycles. The van der Waals surface area contributed by atoms with Crippen molar-refractivity contribution >= 4 is 22.8 Å². The van der Waals surface area contributed by atoms with Crippen molar-refractivity contribution < 1.29 is 14.0 Å². The smallest absolute Gasteiger partial charge is 0.287 e. The highest BCUT2D eigenvalue weighted by Gasteiger charge is 2.18. The standard InChI is InChI=1S/C19H22N4O3/c1-19(2,3)22-17(24)12-23-14-8-5-4-7-13(14)21-16(23)11-20-18(25)15-9-6-10-26-15/h4-10H,11-12H2,1-3H3,(H,20,25)(H,22,24). The first-order valence-electron chi connectivity index (χ1n) is 8.40. The van der Waals surface area contributed by atoms with Gasteiger partial charge in [0.2, 0.25) is 5.91 Å². The molecule has 0 bridgehead atoms. The Morgan fingerprint density at radius 1 is 1.15 bits per heavy atom. The van der Waals surface area contributed by atoms with Crippen molar-refractivity contribution in [1.29, 1.82) is 0 Å². The molecule has 0 saturated heterocycles. The molecule has 7 nitrogen and oxygen atoms in total. The zero-order valence-electron chi connectivity index (χ0n) is 15.1. The predicted molar refractivity (Wildman–Crippen MR) is 97.5 cm³/mol. The Labute approximate surface area is 151 Å². The third kappa shape index (κ3) is 4.11. The van der Waals surface area contributed by atoms with Crippen LogP contribution >= 0.6 is 0 Å². The van der Waals surface area contributed by atoms with E-state index in [1.807, 2.05) is 49.6 Å². The van der Waals surface area contributed by atoms with Crippen molar-refractivity contribution in [2.45, 2.75) is 39.4 Å². The summed E-state index contributed by atoms with van der Waals surface area (Å²) in [7, 11) is 0. The van der Waals surface area contributed by atoms with Gasteiger partial charge in [0.1, 0.15) is 12.4 Å². The second kappa shape index (κ2) is 7.03. The second-order valence-electron chi connectivity index (χ2n) is 7.06. The molecule has 2 N–H and O–H groups in total. The van der Waals surface area contributed by atoms with E-state index in [1.165, 1.54) is 6.26 Å². The first kappa shape index (κ1) is 17.7. The zero-order chi connectivity index (χ0) is 18.7. The van der Waals surface area contributed by atoms with Gasteiger partial charge < -0.3 is 19.6 Å². The van der Waals surface area contributed by atoms with Crippen molar-refractivity contribution in [3.8, 4) is 0 Å². The van der Waals surface area contributed by atoms with Crippen LogP contribution in [-0.2, 0) is 17.9 Å². The van der Waals surface area contributed by atoms with Crippen LogP contribution in [-0.4, -0.2) is 26.9 Å². The molecule has 3 rings (SSSR count). The first-order chi connectivity index (χ1) is 12.3. The summed E-state index contributed by atoms with van der Waals surface area (Å²) in [4.78, 5) is 29.0. The molecule has 136 valence electrons. The predicted octanol–water partition coefficient (Wildman–Crippen LogP) is 2.47. The van der Waals surface area contributed by atoms with Gasteiger partial charge in [-0.05, 0) is 45.0 Å². The van der Waals surface area contributed by atoms with Crippen molar-refractivity contribution in [3.63, 3.8) is 0 Å². The second-order valence-corrected chi connectivity index (χ2v) is 7.06. The summed E-state index contributed by atoms with van der Waals surface area (Å²) in [6, 6.07) is 10.8. The maximum absolute atomic E-state index is 12.4. The number of hydrogen-bond donors (Lipinski definition) is 2. The topological polar surface area (TPSA) is 89.2 Å². The van der Waals surface area contributed by atoms with Gasteiger partial charge in [0.15, 0.2) is 5.76 Å². The van der Waals surface area contributed by atoms with Gasteiger partial charge in [-0.1, -0.05) is 12.1 Å². The van der Waals surface area contributed by atoms with Gasteiger partial charge in [-0.15, -0.1) is 0 Å². The molecule has 0 unspecified atom stereocenters. The van der Waals surface area contributed by atoms with E-state index in [9.17, 15) is 9.59 Å². The highest BCUT2D eigenvalue weighted by atomic mass is 16.3. The van der Waals surface area contributed by atoms with E-state index in [4.69, 9.17) is 4.42 Å². The molecule has 0 aliphatic heterocycles. The van der Waals surface area contributed by atoms with Crippen molar-refractivity contribution in [1.82, 2.24) is 20.2 Å². The lowest BCUT2D eigenvalue weighted by molar-refractivity contribution is -0.123. The maximum Gasteiger partial charge on any atom is 0.287 e. The summed E-state index contributed by atoms with van der Waals surface area (Å²) < 4.78 is 6.91. The fourth-order valence-electron chi connectivity index (χ4n) is 2.69. The minimum Gasteiger partial charge on any atom is -0.459 e. The summed E-state index contributed by atoms with van der Waals surface area (Å²) >= 11 is 0. The number of imidazole rings is 1. The van der Waals surface area contributed by atoms with E-state index in [-0.39, 0.29) is 36.2 Å². The zero-order valence-corrected chi connectivity index (χ0v) is 15.1. The summed E-state index contributed by atoms with van der Waals surface area (Å²) in [5, 5.41) is 5.72. The van der Waals surface area contributed by atoms with Gasteiger partial charge in [-0.2, -0.15) is 0 Å². The molecule has 0 atom stereocenters. The molecule has 2 heterocycles. The number of nitrogens with one attached hydrogen (secondary N) is 2. The van der Waals surface area contributed by atoms with Crippen LogP contribution in [0.3, 0.4) is 0 Å². The van der Waals surface area contributed by atoms with Gasteiger partial charge in [0, 0.05) is 5.54 Å². The fourth-order valence-corrected chi connectivity index (χ4v) is 2.69. The van der Waals surface area contributed by atoms with Gasteiger partial charge in [0.25, 0.3) is 5.91 Å². The molecular weight excluding hydrogens is 332 g/mol. The number of carbonyl (C=O) groups excluding carboxylic acids is 2. The highest BCUT2D eigenvalue weighted by Crippen LogP contribution is 2.16. The van der Waals surface area contributed by atoms with Gasteiger partial charge in [-0.25, -0.2) is 4.98 Å². The van der Waals surface area contributed by atoms with Gasteiger partial charge in [0.05, 0.1) is 23.8 Å². The molecule has 0 fully saturated rings. The number of para-hydroxylation sites is 2. The highest BCUT2D eigenvalue weighted by molar-refractivity contribution is 5.91. The van der Waals surface area contributed by atoms with E-state index in [0.717, 1.165) is 11.0 Å². The minimum atomic E-state index is -0.326. The van der Waals surface area contributed by atoms with E-state index in [0.29, 0.717) is 5.82 Å². The number of carbonyl (C=O) groups is 2. The Morgan fingerprint density at radius 2 is 1.92 bits per heavy atom. The van der Waals surface area contributed by atoms with Crippen LogP contribution in [0.25, 0.3) is 11.0 Å². The summed E-state index contributed by atoms with van der Waals surface area (Å²) in [5.74, 6) is 0.403. The molecular formula is C19H22N4O3. The average Bonchev–Trinajstić information content (AvgIpc) is 3.20. The molecule has 2 amide bonds. The number of amides is 2. The van der Waals surface area contributed by atoms with Crippen molar-refractivity contribution in [3.05, 3.63) is 54.2 Å². The summed E-state index contributed by atoms with van der Waals surface area (Å²) in [6.07, 6.45) is 1.45. The molecule has 0 aliphatic rings. The number of rotatable bonds is 5. The number of nitrogens with zero attached hydrogens (tertiary/aromatic N) is 2.